The maximum atomic E-state index is 12.0. The van der Waals surface area contributed by atoms with Crippen molar-refractivity contribution in [3.8, 4) is 0 Å². The Labute approximate surface area is 195 Å². The van der Waals surface area contributed by atoms with Gasteiger partial charge in [0, 0.05) is 40.3 Å². The van der Waals surface area contributed by atoms with Gasteiger partial charge in [0.1, 0.15) is 11.7 Å². The largest absolute Gasteiger partial charge is 0.379 e. The van der Waals surface area contributed by atoms with Gasteiger partial charge in [0.25, 0.3) is 0 Å². The smallest absolute Gasteiger partial charge is 0.136 e. The second kappa shape index (κ2) is 21.1. The number of hydrogen-bond donors (Lipinski definition) is 1. The van der Waals surface area contributed by atoms with Crippen LogP contribution in [0.3, 0.4) is 0 Å². The van der Waals surface area contributed by atoms with Gasteiger partial charge in [-0.15, -0.1) is 6.58 Å². The number of carbonyl (C=O) groups is 1. The van der Waals surface area contributed by atoms with Crippen molar-refractivity contribution in [1.29, 1.82) is 0 Å². The molecule has 0 aromatic rings. The fourth-order valence-corrected chi connectivity index (χ4v) is 7.33. The Hall–Kier alpha value is 0.840. The van der Waals surface area contributed by atoms with Crippen LogP contribution in [0.25, 0.3) is 0 Å². The van der Waals surface area contributed by atoms with E-state index in [1.54, 1.807) is 63.1 Å². The van der Waals surface area contributed by atoms with Crippen molar-refractivity contribution in [2.75, 3.05) is 23.0 Å². The van der Waals surface area contributed by atoms with Crippen LogP contribution >= 0.6 is 64.8 Å². The maximum absolute atomic E-state index is 12.0. The van der Waals surface area contributed by atoms with Crippen molar-refractivity contribution >= 4 is 81.8 Å². The van der Waals surface area contributed by atoms with Gasteiger partial charge in [0.2, 0.25) is 0 Å². The van der Waals surface area contributed by atoms with Crippen molar-refractivity contribution in [3.05, 3.63) is 47.1 Å². The first-order chi connectivity index (χ1) is 13.5. The topological polar surface area (TPSA) is 54.4 Å². The SMILES string of the molecule is C=CCSS/C=C/CSSC/C=C/SSC/C=C/S(=O)C(O)C(C)C(C)C=O. The number of hydrogen-bond acceptors (Lipinski definition) is 9. The summed E-state index contributed by atoms with van der Waals surface area (Å²) in [6, 6.07) is 0. The zero-order chi connectivity index (χ0) is 21.0. The molecule has 0 heterocycles. The van der Waals surface area contributed by atoms with E-state index in [1.165, 1.54) is 5.41 Å². The zero-order valence-corrected chi connectivity index (χ0v) is 21.7. The third kappa shape index (κ3) is 16.6. The van der Waals surface area contributed by atoms with E-state index in [-0.39, 0.29) is 11.8 Å². The second-order valence-corrected chi connectivity index (χ2v) is 13.9. The van der Waals surface area contributed by atoms with Crippen molar-refractivity contribution in [2.45, 2.75) is 19.3 Å². The van der Waals surface area contributed by atoms with Gasteiger partial charge < -0.3 is 9.90 Å². The number of carbonyl (C=O) groups excluding carboxylic acids is 1. The summed E-state index contributed by atoms with van der Waals surface area (Å²) in [5, 5.41) is 15.7. The molecule has 0 saturated heterocycles. The summed E-state index contributed by atoms with van der Waals surface area (Å²) in [5.74, 6) is 3.00. The highest BCUT2D eigenvalue weighted by Gasteiger charge is 2.24. The lowest BCUT2D eigenvalue weighted by atomic mass is 9.99. The molecule has 0 aromatic carbocycles. The molecular weight excluding hydrogens is 489 g/mol. The van der Waals surface area contributed by atoms with E-state index < -0.39 is 16.2 Å². The van der Waals surface area contributed by atoms with Crippen LogP contribution in [0, 0.1) is 11.8 Å². The van der Waals surface area contributed by atoms with Gasteiger partial charge in [-0.05, 0) is 10.8 Å². The van der Waals surface area contributed by atoms with E-state index in [9.17, 15) is 14.1 Å². The highest BCUT2D eigenvalue weighted by Crippen LogP contribution is 2.26. The van der Waals surface area contributed by atoms with Crippen LogP contribution in [0.5, 0.6) is 0 Å². The predicted molar refractivity (Wildman–Crippen MR) is 141 cm³/mol. The van der Waals surface area contributed by atoms with Gasteiger partial charge in [-0.25, -0.2) is 0 Å². The molecule has 1 N–H and O–H groups in total. The number of aliphatic hydroxyl groups is 1. The molecule has 160 valence electrons. The Morgan fingerprint density at radius 2 is 1.46 bits per heavy atom. The molecule has 0 bridgehead atoms. The molecule has 4 unspecified atom stereocenters. The molecule has 0 fully saturated rings. The minimum atomic E-state index is -1.48. The van der Waals surface area contributed by atoms with Gasteiger partial charge in [0.05, 0.1) is 10.8 Å². The summed E-state index contributed by atoms with van der Waals surface area (Å²) in [6.07, 6.45) is 8.78. The molecule has 0 saturated carbocycles. The van der Waals surface area contributed by atoms with Gasteiger partial charge in [-0.3, -0.25) is 4.21 Å². The van der Waals surface area contributed by atoms with Crippen LogP contribution in [-0.2, 0) is 15.6 Å². The Kier molecular flexibility index (Phi) is 21.7. The molecule has 0 aromatic heterocycles. The molecule has 3 nitrogen and oxygen atoms in total. The Morgan fingerprint density at radius 3 is 2.00 bits per heavy atom. The zero-order valence-electron chi connectivity index (χ0n) is 16.0. The Bertz CT molecular complexity index is 523. The molecule has 0 aliphatic heterocycles. The number of rotatable bonds is 18. The minimum absolute atomic E-state index is 0.310. The average Bonchev–Trinajstić information content (AvgIpc) is 2.71. The van der Waals surface area contributed by atoms with Gasteiger partial charge in [-0.2, -0.15) is 0 Å². The highest BCUT2D eigenvalue weighted by molar-refractivity contribution is 8.78. The molecule has 0 aliphatic rings. The molecule has 4 atom stereocenters. The van der Waals surface area contributed by atoms with E-state index in [1.807, 2.05) is 27.7 Å². The van der Waals surface area contributed by atoms with Crippen LogP contribution in [-0.4, -0.2) is 44.0 Å². The highest BCUT2D eigenvalue weighted by atomic mass is 33.1. The lowest BCUT2D eigenvalue weighted by Crippen LogP contribution is -2.27. The van der Waals surface area contributed by atoms with Crippen molar-refractivity contribution in [1.82, 2.24) is 0 Å². The van der Waals surface area contributed by atoms with Crippen LogP contribution in [0.15, 0.2) is 47.1 Å². The molecule has 0 amide bonds. The summed E-state index contributed by atoms with van der Waals surface area (Å²) in [4.78, 5) is 10.7. The molecular formula is C18H28O3S7. The maximum Gasteiger partial charge on any atom is 0.136 e. The molecule has 0 aliphatic carbocycles. The quantitative estimate of drug-likeness (QED) is 0.0965. The van der Waals surface area contributed by atoms with E-state index >= 15 is 0 Å². The summed E-state index contributed by atoms with van der Waals surface area (Å²) >= 11 is 0. The molecule has 28 heavy (non-hydrogen) atoms. The van der Waals surface area contributed by atoms with Gasteiger partial charge in [0.15, 0.2) is 0 Å². The second-order valence-electron chi connectivity index (χ2n) is 5.31. The van der Waals surface area contributed by atoms with Crippen LogP contribution in [0.2, 0.25) is 0 Å². The first-order valence-electron chi connectivity index (χ1n) is 8.45. The van der Waals surface area contributed by atoms with E-state index in [2.05, 4.69) is 29.5 Å². The minimum Gasteiger partial charge on any atom is -0.379 e. The van der Waals surface area contributed by atoms with Crippen LogP contribution in [0.4, 0.5) is 0 Å². The van der Waals surface area contributed by atoms with Gasteiger partial charge >= 0.3 is 0 Å². The monoisotopic (exact) mass is 516 g/mol. The summed E-state index contributed by atoms with van der Waals surface area (Å²) < 4.78 is 12.0. The lowest BCUT2D eigenvalue weighted by molar-refractivity contribution is -0.112. The number of aliphatic hydroxyl groups excluding tert-OH is 1. The average molecular weight is 517 g/mol. The normalized spacial score (nSPS) is 16.5. The fourth-order valence-electron chi connectivity index (χ4n) is 1.39. The molecule has 0 rings (SSSR count). The van der Waals surface area contributed by atoms with Gasteiger partial charge in [-0.1, -0.05) is 103 Å². The Morgan fingerprint density at radius 1 is 0.929 bits per heavy atom. The molecule has 0 spiro atoms. The fraction of sp³-hybridized carbons (Fsp3) is 0.500. The third-order valence-electron chi connectivity index (χ3n) is 3.16. The predicted octanol–water partition coefficient (Wildman–Crippen LogP) is 6.40. The van der Waals surface area contributed by atoms with E-state index in [0.717, 1.165) is 23.5 Å². The van der Waals surface area contributed by atoms with Crippen molar-refractivity contribution in [3.63, 3.8) is 0 Å². The van der Waals surface area contributed by atoms with Crippen LogP contribution in [0.1, 0.15) is 13.8 Å². The van der Waals surface area contributed by atoms with Crippen molar-refractivity contribution in [2.24, 2.45) is 11.8 Å². The summed E-state index contributed by atoms with van der Waals surface area (Å²) in [5.41, 5.74) is -1.01. The lowest BCUT2D eigenvalue weighted by Gasteiger charge is -2.19. The summed E-state index contributed by atoms with van der Waals surface area (Å²) in [7, 11) is 8.96. The number of aldehydes is 1. The Balaban J connectivity index is 3.66. The summed E-state index contributed by atoms with van der Waals surface area (Å²) in [6.45, 7) is 7.14. The van der Waals surface area contributed by atoms with E-state index in [4.69, 9.17) is 0 Å². The first-order valence-corrected chi connectivity index (χ1v) is 17.0. The molecule has 0 radical (unpaired) electrons. The van der Waals surface area contributed by atoms with Crippen molar-refractivity contribution < 1.29 is 14.1 Å². The van der Waals surface area contributed by atoms with E-state index in [0.29, 0.717) is 5.75 Å². The first kappa shape index (κ1) is 28.8. The van der Waals surface area contributed by atoms with Crippen LogP contribution < -0.4 is 0 Å². The third-order valence-corrected chi connectivity index (χ3v) is 10.5. The molecule has 10 heteroatoms. The standard InChI is InChI=1S/C18H28O3S7/c1-4-8-22-23-9-5-10-24-25-11-6-12-26-27-13-7-14-28(21)18(20)17(3)16(2)15-19/h4-7,9,12,14-18,20H,1,8,10-11,13H2,2-3H3/b9-5+,12-6+,14-7+.